The zero-order valence-corrected chi connectivity index (χ0v) is 12.1. The molecule has 108 valence electrons. The average molecular weight is 276 g/mol. The lowest BCUT2D eigenvalue weighted by Gasteiger charge is -2.18. The molecule has 0 aliphatic carbocycles. The van der Waals surface area contributed by atoms with Gasteiger partial charge in [-0.05, 0) is 32.4 Å². The van der Waals surface area contributed by atoms with Gasteiger partial charge in [0.2, 0.25) is 0 Å². The SMILES string of the molecule is CC(C)(C)OC(=O)CC(=O)OC/C=C/c1ccccc1. The first-order chi connectivity index (χ1) is 9.37. The van der Waals surface area contributed by atoms with Crippen LogP contribution in [0.4, 0.5) is 0 Å². The maximum absolute atomic E-state index is 11.4. The van der Waals surface area contributed by atoms with E-state index in [1.165, 1.54) is 0 Å². The van der Waals surface area contributed by atoms with Gasteiger partial charge in [0, 0.05) is 0 Å². The van der Waals surface area contributed by atoms with Gasteiger partial charge < -0.3 is 9.47 Å². The number of esters is 2. The van der Waals surface area contributed by atoms with Crippen molar-refractivity contribution in [2.45, 2.75) is 32.8 Å². The smallest absolute Gasteiger partial charge is 0.317 e. The van der Waals surface area contributed by atoms with E-state index in [-0.39, 0.29) is 13.0 Å². The fourth-order valence-corrected chi connectivity index (χ4v) is 1.44. The minimum atomic E-state index is -0.593. The Morgan fingerprint density at radius 1 is 1.10 bits per heavy atom. The summed E-state index contributed by atoms with van der Waals surface area (Å²) in [5.74, 6) is -1.16. The average Bonchev–Trinajstić information content (AvgIpc) is 2.33. The normalized spacial score (nSPS) is 11.3. The number of carbonyl (C=O) groups excluding carboxylic acids is 2. The largest absolute Gasteiger partial charge is 0.461 e. The summed E-state index contributed by atoms with van der Waals surface area (Å²) in [6.45, 7) is 5.38. The Kier molecular flexibility index (Phi) is 5.97. The lowest BCUT2D eigenvalue weighted by molar-refractivity contribution is -0.161. The first-order valence-electron chi connectivity index (χ1n) is 6.46. The van der Waals surface area contributed by atoms with Crippen molar-refractivity contribution in [1.82, 2.24) is 0 Å². The third-order valence-corrected chi connectivity index (χ3v) is 2.16. The summed E-state index contributed by atoms with van der Waals surface area (Å²) < 4.78 is 9.95. The zero-order valence-electron chi connectivity index (χ0n) is 12.1. The number of benzene rings is 1. The van der Waals surface area contributed by atoms with E-state index < -0.39 is 17.5 Å². The molecule has 0 heterocycles. The second-order valence-electron chi connectivity index (χ2n) is 5.26. The van der Waals surface area contributed by atoms with Gasteiger partial charge in [-0.15, -0.1) is 0 Å². The minimum absolute atomic E-state index is 0.135. The maximum atomic E-state index is 11.4. The van der Waals surface area contributed by atoms with Gasteiger partial charge in [-0.3, -0.25) is 9.59 Å². The molecule has 1 aromatic rings. The molecule has 0 aliphatic rings. The van der Waals surface area contributed by atoms with Crippen LogP contribution in [0.15, 0.2) is 36.4 Å². The molecule has 0 spiro atoms. The summed E-state index contributed by atoms with van der Waals surface area (Å²) in [7, 11) is 0. The highest BCUT2D eigenvalue weighted by atomic mass is 16.6. The molecule has 0 atom stereocenters. The van der Waals surface area contributed by atoms with E-state index in [2.05, 4.69) is 0 Å². The van der Waals surface area contributed by atoms with Gasteiger partial charge in [-0.2, -0.15) is 0 Å². The highest BCUT2D eigenvalue weighted by Gasteiger charge is 2.19. The summed E-state index contributed by atoms with van der Waals surface area (Å²) >= 11 is 0. The molecule has 0 aromatic heterocycles. The molecule has 0 radical (unpaired) electrons. The molecule has 0 unspecified atom stereocenters. The van der Waals surface area contributed by atoms with Gasteiger partial charge in [0.1, 0.15) is 18.6 Å². The van der Waals surface area contributed by atoms with Crippen molar-refractivity contribution in [1.29, 1.82) is 0 Å². The van der Waals surface area contributed by atoms with E-state index in [9.17, 15) is 9.59 Å². The van der Waals surface area contributed by atoms with Crippen LogP contribution in [0.25, 0.3) is 6.08 Å². The molecule has 0 saturated carbocycles. The summed E-state index contributed by atoms with van der Waals surface area (Å²) in [5, 5.41) is 0. The van der Waals surface area contributed by atoms with Crippen molar-refractivity contribution in [2.24, 2.45) is 0 Å². The lowest BCUT2D eigenvalue weighted by Crippen LogP contribution is -2.25. The van der Waals surface area contributed by atoms with Crippen molar-refractivity contribution in [3.63, 3.8) is 0 Å². The second kappa shape index (κ2) is 7.48. The van der Waals surface area contributed by atoms with Crippen LogP contribution in [0.5, 0.6) is 0 Å². The fourth-order valence-electron chi connectivity index (χ4n) is 1.44. The molecule has 0 aliphatic heterocycles. The Labute approximate surface area is 119 Å². The van der Waals surface area contributed by atoms with E-state index in [1.807, 2.05) is 36.4 Å². The standard InChI is InChI=1S/C16H20O4/c1-16(2,3)20-15(18)12-14(17)19-11-7-10-13-8-5-4-6-9-13/h4-10H,11-12H2,1-3H3/b10-7+. The van der Waals surface area contributed by atoms with Crippen molar-refractivity contribution in [2.75, 3.05) is 6.61 Å². The van der Waals surface area contributed by atoms with Gasteiger partial charge in [0.15, 0.2) is 0 Å². The van der Waals surface area contributed by atoms with Crippen LogP contribution in [0.1, 0.15) is 32.8 Å². The minimum Gasteiger partial charge on any atom is -0.461 e. The van der Waals surface area contributed by atoms with E-state index in [4.69, 9.17) is 9.47 Å². The molecule has 1 aromatic carbocycles. The van der Waals surface area contributed by atoms with Crippen LogP contribution in [0.2, 0.25) is 0 Å². The third kappa shape index (κ3) is 7.36. The Morgan fingerprint density at radius 3 is 2.35 bits per heavy atom. The number of hydrogen-bond acceptors (Lipinski definition) is 4. The lowest BCUT2D eigenvalue weighted by atomic mass is 10.2. The van der Waals surface area contributed by atoms with Gasteiger partial charge in [0.05, 0.1) is 0 Å². The van der Waals surface area contributed by atoms with Crippen LogP contribution in [-0.4, -0.2) is 24.1 Å². The second-order valence-corrected chi connectivity index (χ2v) is 5.26. The number of ether oxygens (including phenoxy) is 2. The fraction of sp³-hybridized carbons (Fsp3) is 0.375. The molecule has 4 nitrogen and oxygen atoms in total. The molecular formula is C16H20O4. The third-order valence-electron chi connectivity index (χ3n) is 2.16. The summed E-state index contributed by atoms with van der Waals surface area (Å²) in [5.41, 5.74) is 0.431. The Morgan fingerprint density at radius 2 is 1.75 bits per heavy atom. The van der Waals surface area contributed by atoms with Gasteiger partial charge in [0.25, 0.3) is 0 Å². The molecule has 0 bridgehead atoms. The number of rotatable bonds is 5. The highest BCUT2D eigenvalue weighted by Crippen LogP contribution is 2.08. The van der Waals surface area contributed by atoms with Crippen LogP contribution >= 0.6 is 0 Å². The molecule has 0 N–H and O–H groups in total. The van der Waals surface area contributed by atoms with Crippen LogP contribution in [0, 0.1) is 0 Å². The predicted octanol–water partition coefficient (Wildman–Crippen LogP) is 2.97. The molecule has 4 heteroatoms. The number of hydrogen-bond donors (Lipinski definition) is 0. The molecule has 0 fully saturated rings. The monoisotopic (exact) mass is 276 g/mol. The van der Waals surface area contributed by atoms with E-state index in [0.717, 1.165) is 5.56 Å². The first-order valence-corrected chi connectivity index (χ1v) is 6.46. The number of carbonyl (C=O) groups is 2. The van der Waals surface area contributed by atoms with E-state index in [1.54, 1.807) is 26.8 Å². The predicted molar refractivity (Wildman–Crippen MR) is 76.9 cm³/mol. The van der Waals surface area contributed by atoms with Gasteiger partial charge >= 0.3 is 11.9 Å². The summed E-state index contributed by atoms with van der Waals surface area (Å²) in [4.78, 5) is 22.8. The summed E-state index contributed by atoms with van der Waals surface area (Å²) in [6, 6.07) is 9.67. The van der Waals surface area contributed by atoms with Gasteiger partial charge in [-0.1, -0.05) is 36.4 Å². The first kappa shape index (κ1) is 16.0. The quantitative estimate of drug-likeness (QED) is 0.613. The molecule has 0 saturated heterocycles. The van der Waals surface area contributed by atoms with E-state index >= 15 is 0 Å². The van der Waals surface area contributed by atoms with Crippen LogP contribution < -0.4 is 0 Å². The molecule has 1 rings (SSSR count). The topological polar surface area (TPSA) is 52.6 Å². The van der Waals surface area contributed by atoms with Crippen LogP contribution in [0.3, 0.4) is 0 Å². The van der Waals surface area contributed by atoms with Gasteiger partial charge in [-0.25, -0.2) is 0 Å². The Bertz CT molecular complexity index is 469. The molecule has 0 amide bonds. The van der Waals surface area contributed by atoms with E-state index in [0.29, 0.717) is 0 Å². The van der Waals surface area contributed by atoms with Crippen LogP contribution in [-0.2, 0) is 19.1 Å². The Hall–Kier alpha value is -2.10. The molecule has 20 heavy (non-hydrogen) atoms. The summed E-state index contributed by atoms with van der Waals surface area (Å²) in [6.07, 6.45) is 3.21. The van der Waals surface area contributed by atoms with Crippen molar-refractivity contribution < 1.29 is 19.1 Å². The molecular weight excluding hydrogens is 256 g/mol. The van der Waals surface area contributed by atoms with Crippen molar-refractivity contribution in [3.05, 3.63) is 42.0 Å². The Balaban J connectivity index is 2.27. The highest BCUT2D eigenvalue weighted by molar-refractivity contribution is 5.91. The van der Waals surface area contributed by atoms with Crippen molar-refractivity contribution >= 4 is 18.0 Å². The zero-order chi connectivity index (χ0) is 15.0. The van der Waals surface area contributed by atoms with Crippen molar-refractivity contribution in [3.8, 4) is 0 Å². The maximum Gasteiger partial charge on any atom is 0.317 e.